The van der Waals surface area contributed by atoms with Gasteiger partial charge in [-0.3, -0.25) is 4.18 Å². The molecule has 0 heterocycles. The summed E-state index contributed by atoms with van der Waals surface area (Å²) in [5, 5.41) is 0. The van der Waals surface area contributed by atoms with Crippen LogP contribution in [0.25, 0.3) is 0 Å². The van der Waals surface area contributed by atoms with Gasteiger partial charge < -0.3 is 0 Å². The molecule has 0 radical (unpaired) electrons. The predicted molar refractivity (Wildman–Crippen MR) is 60.8 cm³/mol. The zero-order valence-corrected chi connectivity index (χ0v) is 9.54. The number of hydrogen-bond donors (Lipinski definition) is 0. The van der Waals surface area contributed by atoms with E-state index in [4.69, 9.17) is 4.18 Å². The zero-order chi connectivity index (χ0) is 10.5. The standard InChI is InChI=1S/C12H16O2S/c13-15(12-9-5-2-6-10-12)14-11-7-3-1-4-8-11/h2,5-6,9-11H,1,3-4,7-8H2/t15-/m0/s1. The SMILES string of the molecule is O=[S@@](OC1CCCCC1)c1ccccc1. The van der Waals surface area contributed by atoms with Crippen LogP contribution in [0.2, 0.25) is 0 Å². The van der Waals surface area contributed by atoms with Crippen LogP contribution in [0.1, 0.15) is 32.1 Å². The Kier molecular flexibility index (Phi) is 3.92. The highest BCUT2D eigenvalue weighted by atomic mass is 32.2. The van der Waals surface area contributed by atoms with Crippen molar-refractivity contribution in [1.29, 1.82) is 0 Å². The van der Waals surface area contributed by atoms with Crippen LogP contribution in [-0.2, 0) is 15.3 Å². The van der Waals surface area contributed by atoms with Crippen LogP contribution in [0.5, 0.6) is 0 Å². The zero-order valence-electron chi connectivity index (χ0n) is 8.72. The maximum atomic E-state index is 11.8. The molecular weight excluding hydrogens is 208 g/mol. The molecule has 2 nitrogen and oxygen atoms in total. The summed E-state index contributed by atoms with van der Waals surface area (Å²) in [7, 11) is 0. The van der Waals surface area contributed by atoms with Gasteiger partial charge in [-0.1, -0.05) is 37.5 Å². The smallest absolute Gasteiger partial charge is 0.189 e. The van der Waals surface area contributed by atoms with Crippen molar-refractivity contribution in [3.63, 3.8) is 0 Å². The molecule has 1 aromatic carbocycles. The van der Waals surface area contributed by atoms with Gasteiger partial charge in [-0.05, 0) is 25.0 Å². The Morgan fingerprint density at radius 2 is 1.73 bits per heavy atom. The van der Waals surface area contributed by atoms with Gasteiger partial charge in [-0.2, -0.15) is 0 Å². The minimum atomic E-state index is -1.28. The minimum absolute atomic E-state index is 0.194. The van der Waals surface area contributed by atoms with Crippen molar-refractivity contribution < 1.29 is 8.39 Å². The number of rotatable bonds is 3. The van der Waals surface area contributed by atoms with Crippen LogP contribution in [0.3, 0.4) is 0 Å². The molecule has 1 aromatic rings. The summed E-state index contributed by atoms with van der Waals surface area (Å²) in [6.45, 7) is 0. The summed E-state index contributed by atoms with van der Waals surface area (Å²) in [5.41, 5.74) is 0. The van der Waals surface area contributed by atoms with Crippen molar-refractivity contribution in [2.45, 2.75) is 43.1 Å². The van der Waals surface area contributed by atoms with E-state index in [-0.39, 0.29) is 6.10 Å². The third-order valence-electron chi connectivity index (χ3n) is 2.71. The quantitative estimate of drug-likeness (QED) is 0.788. The molecule has 0 N–H and O–H groups in total. The lowest BCUT2D eigenvalue weighted by atomic mass is 9.98. The van der Waals surface area contributed by atoms with Gasteiger partial charge in [0.15, 0.2) is 11.1 Å². The molecule has 1 saturated carbocycles. The second kappa shape index (κ2) is 5.42. The molecule has 3 heteroatoms. The van der Waals surface area contributed by atoms with Gasteiger partial charge in [0.05, 0.1) is 11.0 Å². The van der Waals surface area contributed by atoms with Crippen LogP contribution in [0.15, 0.2) is 35.2 Å². The van der Waals surface area contributed by atoms with Gasteiger partial charge in [0, 0.05) is 0 Å². The Morgan fingerprint density at radius 3 is 2.40 bits per heavy atom. The van der Waals surface area contributed by atoms with E-state index in [2.05, 4.69) is 0 Å². The van der Waals surface area contributed by atoms with Crippen LogP contribution >= 0.6 is 0 Å². The van der Waals surface area contributed by atoms with Gasteiger partial charge in [0.1, 0.15) is 0 Å². The maximum Gasteiger partial charge on any atom is 0.189 e. The van der Waals surface area contributed by atoms with Crippen molar-refractivity contribution >= 4 is 11.1 Å². The van der Waals surface area contributed by atoms with Gasteiger partial charge in [-0.15, -0.1) is 0 Å². The lowest BCUT2D eigenvalue weighted by Gasteiger charge is -2.20. The van der Waals surface area contributed by atoms with Crippen LogP contribution in [0.4, 0.5) is 0 Å². The second-order valence-electron chi connectivity index (χ2n) is 3.90. The van der Waals surface area contributed by atoms with E-state index in [1.54, 1.807) is 0 Å². The van der Waals surface area contributed by atoms with Crippen molar-refractivity contribution in [3.05, 3.63) is 30.3 Å². The summed E-state index contributed by atoms with van der Waals surface area (Å²) in [6, 6.07) is 9.38. The van der Waals surface area contributed by atoms with Gasteiger partial charge in [0.25, 0.3) is 0 Å². The Hall–Kier alpha value is -0.670. The molecule has 0 unspecified atom stereocenters. The molecule has 0 amide bonds. The van der Waals surface area contributed by atoms with Crippen molar-refractivity contribution in [2.24, 2.45) is 0 Å². The summed E-state index contributed by atoms with van der Waals surface area (Å²) in [5.74, 6) is 0. The molecule has 1 atom stereocenters. The number of benzene rings is 1. The van der Waals surface area contributed by atoms with Crippen molar-refractivity contribution in [3.8, 4) is 0 Å². The Labute approximate surface area is 93.3 Å². The Morgan fingerprint density at radius 1 is 1.07 bits per heavy atom. The molecule has 2 rings (SSSR count). The lowest BCUT2D eigenvalue weighted by molar-refractivity contribution is 0.174. The molecule has 1 aliphatic rings. The third-order valence-corrected chi connectivity index (χ3v) is 3.82. The first-order valence-electron chi connectivity index (χ1n) is 5.50. The lowest BCUT2D eigenvalue weighted by Crippen LogP contribution is -2.17. The molecule has 0 aliphatic heterocycles. The highest BCUT2D eigenvalue weighted by molar-refractivity contribution is 7.80. The average molecular weight is 224 g/mol. The summed E-state index contributed by atoms with van der Waals surface area (Å²) in [6.07, 6.45) is 6.00. The Balaban J connectivity index is 1.91. The molecule has 15 heavy (non-hydrogen) atoms. The highest BCUT2D eigenvalue weighted by Gasteiger charge is 2.17. The van der Waals surface area contributed by atoms with Gasteiger partial charge >= 0.3 is 0 Å². The molecule has 1 fully saturated rings. The van der Waals surface area contributed by atoms with Gasteiger partial charge in [-0.25, -0.2) is 4.21 Å². The molecule has 0 aromatic heterocycles. The highest BCUT2D eigenvalue weighted by Crippen LogP contribution is 2.22. The van der Waals surface area contributed by atoms with Gasteiger partial charge in [0.2, 0.25) is 0 Å². The van der Waals surface area contributed by atoms with E-state index in [0.717, 1.165) is 17.7 Å². The van der Waals surface area contributed by atoms with Crippen LogP contribution < -0.4 is 0 Å². The molecule has 0 spiro atoms. The second-order valence-corrected chi connectivity index (χ2v) is 5.04. The minimum Gasteiger partial charge on any atom is -0.283 e. The topological polar surface area (TPSA) is 26.3 Å². The van der Waals surface area contributed by atoms with Crippen LogP contribution in [-0.4, -0.2) is 10.3 Å². The predicted octanol–water partition coefficient (Wildman–Crippen LogP) is 3.06. The van der Waals surface area contributed by atoms with E-state index in [0.29, 0.717) is 0 Å². The molecule has 82 valence electrons. The van der Waals surface area contributed by atoms with Crippen molar-refractivity contribution in [1.82, 2.24) is 0 Å². The molecule has 0 bridgehead atoms. The summed E-state index contributed by atoms with van der Waals surface area (Å²) < 4.78 is 17.4. The number of hydrogen-bond acceptors (Lipinski definition) is 2. The maximum absolute atomic E-state index is 11.8. The van der Waals surface area contributed by atoms with E-state index < -0.39 is 11.1 Å². The van der Waals surface area contributed by atoms with Crippen LogP contribution in [0, 0.1) is 0 Å². The van der Waals surface area contributed by atoms with E-state index >= 15 is 0 Å². The monoisotopic (exact) mass is 224 g/mol. The van der Waals surface area contributed by atoms with E-state index in [9.17, 15) is 4.21 Å². The van der Waals surface area contributed by atoms with Crippen molar-refractivity contribution in [2.75, 3.05) is 0 Å². The largest absolute Gasteiger partial charge is 0.283 e. The Bertz CT molecular complexity index is 318. The normalized spacial score (nSPS) is 20.0. The summed E-state index contributed by atoms with van der Waals surface area (Å²) in [4.78, 5) is 0.767. The fourth-order valence-corrected chi connectivity index (χ4v) is 2.80. The molecule has 1 aliphatic carbocycles. The first-order chi connectivity index (χ1) is 7.36. The van der Waals surface area contributed by atoms with E-state index in [1.165, 1.54) is 19.3 Å². The van der Waals surface area contributed by atoms with E-state index in [1.807, 2.05) is 30.3 Å². The fourth-order valence-electron chi connectivity index (χ4n) is 1.87. The molecule has 0 saturated heterocycles. The molecular formula is C12H16O2S. The average Bonchev–Trinajstić information content (AvgIpc) is 2.31. The fraction of sp³-hybridized carbons (Fsp3) is 0.500. The first-order valence-corrected chi connectivity index (χ1v) is 6.58. The first kappa shape index (κ1) is 10.8. The summed E-state index contributed by atoms with van der Waals surface area (Å²) >= 11 is -1.28. The third kappa shape index (κ3) is 3.14.